The van der Waals surface area contributed by atoms with Crippen molar-refractivity contribution >= 4 is 31.9 Å². The van der Waals surface area contributed by atoms with Crippen molar-refractivity contribution in [2.24, 2.45) is 0 Å². The first-order valence-corrected chi connectivity index (χ1v) is 5.47. The van der Waals surface area contributed by atoms with Gasteiger partial charge in [0, 0.05) is 16.0 Å². The van der Waals surface area contributed by atoms with Gasteiger partial charge in [0.2, 0.25) is 0 Å². The van der Waals surface area contributed by atoms with Crippen LogP contribution < -0.4 is 0 Å². The Labute approximate surface area is 91.8 Å². The van der Waals surface area contributed by atoms with E-state index in [1.165, 1.54) is 6.20 Å². The van der Waals surface area contributed by atoms with Crippen molar-refractivity contribution in [1.29, 1.82) is 0 Å². The van der Waals surface area contributed by atoms with Gasteiger partial charge in [-0.15, -0.1) is 0 Å². The molecule has 0 spiro atoms. The first kappa shape index (κ1) is 11.0. The van der Waals surface area contributed by atoms with Crippen molar-refractivity contribution in [1.82, 2.24) is 4.98 Å². The molecule has 0 aromatic carbocycles. The van der Waals surface area contributed by atoms with Crippen LogP contribution in [0.25, 0.3) is 0 Å². The molecule has 13 heavy (non-hydrogen) atoms. The molecule has 1 nitrogen and oxygen atoms in total. The maximum absolute atomic E-state index is 12.4. The molecule has 0 unspecified atom stereocenters. The molecule has 0 aliphatic heterocycles. The van der Waals surface area contributed by atoms with E-state index in [0.29, 0.717) is 9.80 Å². The Bertz CT molecular complexity index is 315. The molecule has 0 amide bonds. The van der Waals surface area contributed by atoms with Gasteiger partial charge in [0.1, 0.15) is 0 Å². The molecule has 0 saturated heterocycles. The number of nitrogens with zero attached hydrogens (tertiary/aromatic N) is 1. The van der Waals surface area contributed by atoms with Gasteiger partial charge in [0.15, 0.2) is 0 Å². The van der Waals surface area contributed by atoms with Crippen LogP contribution in [0.3, 0.4) is 0 Å². The van der Waals surface area contributed by atoms with E-state index in [2.05, 4.69) is 36.8 Å². The van der Waals surface area contributed by atoms with Crippen molar-refractivity contribution in [2.45, 2.75) is 18.7 Å². The van der Waals surface area contributed by atoms with Crippen LogP contribution in [0.2, 0.25) is 0 Å². The van der Waals surface area contributed by atoms with Crippen LogP contribution in [-0.2, 0) is 5.33 Å². The molecule has 0 bridgehead atoms. The second-order valence-corrected chi connectivity index (χ2v) is 3.89. The van der Waals surface area contributed by atoms with Crippen LogP contribution >= 0.6 is 31.9 Å². The Hall–Kier alpha value is -0.0300. The lowest BCUT2D eigenvalue weighted by molar-refractivity contribution is 0.150. The number of aromatic nitrogens is 1. The van der Waals surface area contributed by atoms with Gasteiger partial charge in [0.25, 0.3) is 6.43 Å². The Morgan fingerprint density at radius 3 is 2.62 bits per heavy atom. The number of alkyl halides is 3. The Morgan fingerprint density at radius 2 is 2.15 bits per heavy atom. The Balaban J connectivity index is 3.23. The van der Waals surface area contributed by atoms with Gasteiger partial charge < -0.3 is 0 Å². The van der Waals surface area contributed by atoms with E-state index in [1.54, 1.807) is 6.92 Å². The summed E-state index contributed by atoms with van der Waals surface area (Å²) in [5.41, 5.74) is 1.48. The van der Waals surface area contributed by atoms with E-state index in [1.807, 2.05) is 0 Å². The van der Waals surface area contributed by atoms with Crippen LogP contribution in [0.5, 0.6) is 0 Å². The lowest BCUT2D eigenvalue weighted by Crippen LogP contribution is -1.97. The molecule has 0 aliphatic rings. The lowest BCUT2D eigenvalue weighted by Gasteiger charge is -2.08. The molecule has 0 radical (unpaired) electrons. The average Bonchev–Trinajstić information content (AvgIpc) is 2.09. The summed E-state index contributed by atoms with van der Waals surface area (Å²) < 4.78 is 25.2. The first-order chi connectivity index (χ1) is 6.07. The number of halogens is 4. The predicted molar refractivity (Wildman–Crippen MR) is 54.3 cm³/mol. The fourth-order valence-electron chi connectivity index (χ4n) is 0.931. The summed E-state index contributed by atoms with van der Waals surface area (Å²) in [6, 6.07) is 0. The van der Waals surface area contributed by atoms with E-state index in [9.17, 15) is 8.78 Å². The van der Waals surface area contributed by atoms with E-state index in [0.717, 1.165) is 11.3 Å². The third-order valence-electron chi connectivity index (χ3n) is 1.74. The second kappa shape index (κ2) is 4.46. The monoisotopic (exact) mass is 313 g/mol. The molecule has 5 heteroatoms. The number of hydrogen-bond donors (Lipinski definition) is 0. The van der Waals surface area contributed by atoms with Crippen LogP contribution in [0.1, 0.15) is 23.2 Å². The van der Waals surface area contributed by atoms with Crippen LogP contribution in [0.15, 0.2) is 10.7 Å². The van der Waals surface area contributed by atoms with E-state index in [-0.39, 0.29) is 5.56 Å². The summed E-state index contributed by atoms with van der Waals surface area (Å²) in [6.07, 6.45) is -1.27. The van der Waals surface area contributed by atoms with Crippen molar-refractivity contribution in [3.63, 3.8) is 0 Å². The summed E-state index contributed by atoms with van der Waals surface area (Å²) >= 11 is 6.36. The quantitative estimate of drug-likeness (QED) is 0.752. The zero-order valence-corrected chi connectivity index (χ0v) is 9.99. The molecule has 0 atom stereocenters. The van der Waals surface area contributed by atoms with Crippen molar-refractivity contribution in [2.75, 3.05) is 0 Å². The summed E-state index contributed by atoms with van der Waals surface area (Å²) in [6.45, 7) is 1.76. The number of pyridine rings is 1. The van der Waals surface area contributed by atoms with E-state index in [4.69, 9.17) is 0 Å². The van der Waals surface area contributed by atoms with Gasteiger partial charge in [-0.1, -0.05) is 15.9 Å². The van der Waals surface area contributed by atoms with Gasteiger partial charge in [-0.3, -0.25) is 4.98 Å². The van der Waals surface area contributed by atoms with Crippen molar-refractivity contribution in [3.05, 3.63) is 27.5 Å². The summed E-state index contributed by atoms with van der Waals surface area (Å²) in [5, 5.41) is 0.570. The topological polar surface area (TPSA) is 12.9 Å². The van der Waals surface area contributed by atoms with Crippen molar-refractivity contribution in [3.8, 4) is 0 Å². The molecule has 1 heterocycles. The van der Waals surface area contributed by atoms with Gasteiger partial charge in [0.05, 0.1) is 11.3 Å². The average molecular weight is 315 g/mol. The molecule has 72 valence electrons. The van der Waals surface area contributed by atoms with Gasteiger partial charge >= 0.3 is 0 Å². The lowest BCUT2D eigenvalue weighted by atomic mass is 10.2. The van der Waals surface area contributed by atoms with E-state index < -0.39 is 6.43 Å². The highest BCUT2D eigenvalue weighted by molar-refractivity contribution is 9.10. The predicted octanol–water partition coefficient (Wildman–Crippen LogP) is 3.99. The highest BCUT2D eigenvalue weighted by Crippen LogP contribution is 2.30. The standard InChI is InChI=1S/C8H7Br2F2N/c1-4-6(2-9)13-3-5(7(4)10)8(11)12/h3,8H,2H2,1H3. The fourth-order valence-corrected chi connectivity index (χ4v) is 2.00. The fraction of sp³-hybridized carbons (Fsp3) is 0.375. The summed E-state index contributed by atoms with van der Waals surface area (Å²) in [7, 11) is 0. The van der Waals surface area contributed by atoms with Crippen LogP contribution in [0.4, 0.5) is 8.78 Å². The first-order valence-electron chi connectivity index (χ1n) is 3.56. The second-order valence-electron chi connectivity index (χ2n) is 2.53. The Kier molecular flexibility index (Phi) is 3.79. The normalized spacial score (nSPS) is 10.9. The van der Waals surface area contributed by atoms with Crippen LogP contribution in [0, 0.1) is 6.92 Å². The molecular formula is C8H7Br2F2N. The number of rotatable bonds is 2. The van der Waals surface area contributed by atoms with Crippen molar-refractivity contribution < 1.29 is 8.78 Å². The maximum Gasteiger partial charge on any atom is 0.266 e. The summed E-state index contributed by atoms with van der Waals surface area (Å²) in [5.74, 6) is 0. The minimum Gasteiger partial charge on any atom is -0.260 e. The SMILES string of the molecule is Cc1c(CBr)ncc(C(F)F)c1Br. The molecule has 0 aliphatic carbocycles. The zero-order chi connectivity index (χ0) is 10.0. The molecule has 0 saturated carbocycles. The van der Waals surface area contributed by atoms with Gasteiger partial charge in [-0.25, -0.2) is 8.78 Å². The highest BCUT2D eigenvalue weighted by atomic mass is 79.9. The minimum atomic E-state index is -2.48. The number of hydrogen-bond acceptors (Lipinski definition) is 1. The third-order valence-corrected chi connectivity index (χ3v) is 3.32. The molecule has 0 N–H and O–H groups in total. The molecule has 1 aromatic rings. The van der Waals surface area contributed by atoms with Crippen LogP contribution in [-0.4, -0.2) is 4.98 Å². The molecule has 1 rings (SSSR count). The smallest absolute Gasteiger partial charge is 0.260 e. The van der Waals surface area contributed by atoms with E-state index >= 15 is 0 Å². The van der Waals surface area contributed by atoms with Gasteiger partial charge in [-0.2, -0.15) is 0 Å². The van der Waals surface area contributed by atoms with Gasteiger partial charge in [-0.05, 0) is 28.4 Å². The third kappa shape index (κ3) is 2.26. The Morgan fingerprint density at radius 1 is 1.54 bits per heavy atom. The largest absolute Gasteiger partial charge is 0.266 e. The minimum absolute atomic E-state index is 0.0535. The maximum atomic E-state index is 12.4. The zero-order valence-electron chi connectivity index (χ0n) is 6.82. The highest BCUT2D eigenvalue weighted by Gasteiger charge is 2.15. The summed E-state index contributed by atoms with van der Waals surface area (Å²) in [4.78, 5) is 3.92. The molecule has 0 fully saturated rings. The molecular weight excluding hydrogens is 308 g/mol. The molecule has 1 aromatic heterocycles.